The number of sulfonamides is 1. The van der Waals surface area contributed by atoms with Gasteiger partial charge in [-0.05, 0) is 43.2 Å². The van der Waals surface area contributed by atoms with E-state index in [1.807, 2.05) is 42.0 Å². The van der Waals surface area contributed by atoms with Gasteiger partial charge in [0.05, 0.1) is 23.8 Å². The summed E-state index contributed by atoms with van der Waals surface area (Å²) in [7, 11) is -3.68. The number of imidazole rings is 1. The van der Waals surface area contributed by atoms with Gasteiger partial charge in [0.1, 0.15) is 5.82 Å². The zero-order valence-corrected chi connectivity index (χ0v) is 18.9. The summed E-state index contributed by atoms with van der Waals surface area (Å²) in [5, 5.41) is 2.93. The molecule has 8 nitrogen and oxygen atoms in total. The fourth-order valence-corrected chi connectivity index (χ4v) is 5.18. The molecular weight excluding hydrogens is 428 g/mol. The Bertz CT molecular complexity index is 1230. The monoisotopic (exact) mass is 454 g/mol. The smallest absolute Gasteiger partial charge is 0.251 e. The van der Waals surface area contributed by atoms with Crippen LogP contribution in [0.1, 0.15) is 27.3 Å². The summed E-state index contributed by atoms with van der Waals surface area (Å²) in [5.41, 5.74) is 2.91. The van der Waals surface area contributed by atoms with Crippen molar-refractivity contribution in [3.63, 3.8) is 0 Å². The van der Waals surface area contributed by atoms with Crippen LogP contribution in [0.3, 0.4) is 0 Å². The van der Waals surface area contributed by atoms with Gasteiger partial charge in [0.25, 0.3) is 5.91 Å². The van der Waals surface area contributed by atoms with E-state index in [2.05, 4.69) is 10.3 Å². The van der Waals surface area contributed by atoms with Crippen LogP contribution in [0.2, 0.25) is 0 Å². The van der Waals surface area contributed by atoms with Crippen LogP contribution in [-0.2, 0) is 21.3 Å². The fourth-order valence-electron chi connectivity index (χ4n) is 3.74. The first kappa shape index (κ1) is 22.2. The van der Waals surface area contributed by atoms with E-state index in [-0.39, 0.29) is 10.8 Å². The molecule has 4 rings (SSSR count). The Morgan fingerprint density at radius 1 is 1.12 bits per heavy atom. The summed E-state index contributed by atoms with van der Waals surface area (Å²) in [5.74, 6) is 0.527. The standard InChI is InChI=1S/C23H26N4O4S/c1-17-7-8-20(32(29,30)26-11-13-31-14-12-26)15-21(17)23(28)25-16-19-5-3-4-6-22(19)27-10-9-24-18(27)2/h3-10,15H,11-14,16H2,1-2H3,(H,25,28). The number of amides is 1. The highest BCUT2D eigenvalue weighted by atomic mass is 32.2. The lowest BCUT2D eigenvalue weighted by molar-refractivity contribution is 0.0730. The first-order valence-electron chi connectivity index (χ1n) is 10.4. The van der Waals surface area contributed by atoms with Crippen molar-refractivity contribution in [2.45, 2.75) is 25.3 Å². The normalized spacial score (nSPS) is 14.9. The fraction of sp³-hybridized carbons (Fsp3) is 0.304. The lowest BCUT2D eigenvalue weighted by Crippen LogP contribution is -2.40. The molecule has 0 unspecified atom stereocenters. The van der Waals surface area contributed by atoms with Crippen molar-refractivity contribution < 1.29 is 17.9 Å². The van der Waals surface area contributed by atoms with Gasteiger partial charge in [0.2, 0.25) is 10.0 Å². The number of rotatable bonds is 6. The number of aryl methyl sites for hydroxylation is 2. The molecule has 1 N–H and O–H groups in total. The van der Waals surface area contributed by atoms with E-state index in [0.717, 1.165) is 17.1 Å². The van der Waals surface area contributed by atoms with Gasteiger partial charge >= 0.3 is 0 Å². The van der Waals surface area contributed by atoms with Gasteiger partial charge in [-0.15, -0.1) is 0 Å². The molecule has 3 aromatic rings. The summed E-state index contributed by atoms with van der Waals surface area (Å²) in [4.78, 5) is 17.4. The molecule has 1 aliphatic heterocycles. The minimum Gasteiger partial charge on any atom is -0.379 e. The maximum Gasteiger partial charge on any atom is 0.251 e. The van der Waals surface area contributed by atoms with Crippen LogP contribution in [-0.4, -0.2) is 54.5 Å². The Morgan fingerprint density at radius 2 is 1.88 bits per heavy atom. The average Bonchev–Trinajstić information content (AvgIpc) is 3.24. The molecule has 9 heteroatoms. The zero-order chi connectivity index (χ0) is 22.7. The molecule has 2 heterocycles. The third-order valence-corrected chi connectivity index (χ3v) is 7.47. The number of carbonyl (C=O) groups is 1. The number of carbonyl (C=O) groups excluding carboxylic acids is 1. The molecule has 1 fully saturated rings. The first-order valence-corrected chi connectivity index (χ1v) is 11.9. The van der Waals surface area contributed by atoms with Crippen LogP contribution in [0, 0.1) is 13.8 Å². The van der Waals surface area contributed by atoms with Crippen molar-refractivity contribution in [2.24, 2.45) is 0 Å². The van der Waals surface area contributed by atoms with Crippen molar-refractivity contribution in [1.29, 1.82) is 0 Å². The average molecular weight is 455 g/mol. The molecule has 0 radical (unpaired) electrons. The minimum absolute atomic E-state index is 0.115. The van der Waals surface area contributed by atoms with Crippen LogP contribution < -0.4 is 5.32 Å². The van der Waals surface area contributed by atoms with E-state index >= 15 is 0 Å². The molecule has 1 aromatic heterocycles. The van der Waals surface area contributed by atoms with Crippen molar-refractivity contribution in [3.05, 3.63) is 77.4 Å². The van der Waals surface area contributed by atoms with Crippen LogP contribution in [0.4, 0.5) is 0 Å². The molecule has 0 saturated carbocycles. The Morgan fingerprint density at radius 3 is 2.59 bits per heavy atom. The van der Waals surface area contributed by atoms with Crippen LogP contribution in [0.15, 0.2) is 59.8 Å². The molecule has 2 aromatic carbocycles. The Kier molecular flexibility index (Phi) is 6.40. The number of hydrogen-bond acceptors (Lipinski definition) is 5. The number of benzene rings is 2. The Balaban J connectivity index is 1.55. The summed E-state index contributed by atoms with van der Waals surface area (Å²) < 4.78 is 34.6. The lowest BCUT2D eigenvalue weighted by Gasteiger charge is -2.26. The van der Waals surface area contributed by atoms with E-state index in [1.165, 1.54) is 10.4 Å². The van der Waals surface area contributed by atoms with Crippen LogP contribution >= 0.6 is 0 Å². The van der Waals surface area contributed by atoms with Crippen molar-refractivity contribution in [2.75, 3.05) is 26.3 Å². The van der Waals surface area contributed by atoms with E-state index < -0.39 is 10.0 Å². The summed E-state index contributed by atoms with van der Waals surface area (Å²) in [6.07, 6.45) is 3.61. The van der Waals surface area contributed by atoms with Gasteiger partial charge in [-0.2, -0.15) is 4.31 Å². The molecular formula is C23H26N4O4S. The SMILES string of the molecule is Cc1ccc(S(=O)(=O)N2CCOCC2)cc1C(=O)NCc1ccccc1-n1ccnc1C. The van der Waals surface area contributed by atoms with E-state index in [1.54, 1.807) is 25.3 Å². The van der Waals surface area contributed by atoms with E-state index in [4.69, 9.17) is 4.74 Å². The van der Waals surface area contributed by atoms with Gasteiger partial charge in [-0.25, -0.2) is 13.4 Å². The Labute approximate surface area is 187 Å². The number of nitrogens with one attached hydrogen (secondary N) is 1. The molecule has 0 bridgehead atoms. The maximum atomic E-state index is 13.0. The maximum absolute atomic E-state index is 13.0. The van der Waals surface area contributed by atoms with E-state index in [0.29, 0.717) is 44.0 Å². The van der Waals surface area contributed by atoms with Gasteiger partial charge in [-0.3, -0.25) is 4.79 Å². The molecule has 1 amide bonds. The molecule has 1 aliphatic rings. The molecule has 0 spiro atoms. The zero-order valence-electron chi connectivity index (χ0n) is 18.1. The second-order valence-electron chi connectivity index (χ2n) is 7.65. The largest absolute Gasteiger partial charge is 0.379 e. The topological polar surface area (TPSA) is 93.5 Å². The van der Waals surface area contributed by atoms with E-state index in [9.17, 15) is 13.2 Å². The van der Waals surface area contributed by atoms with Gasteiger partial charge in [0.15, 0.2) is 0 Å². The highest BCUT2D eigenvalue weighted by Gasteiger charge is 2.27. The first-order chi connectivity index (χ1) is 15.4. The number of ether oxygens (including phenoxy) is 1. The molecule has 168 valence electrons. The number of hydrogen-bond donors (Lipinski definition) is 1. The third kappa shape index (κ3) is 4.45. The highest BCUT2D eigenvalue weighted by molar-refractivity contribution is 7.89. The number of aromatic nitrogens is 2. The quantitative estimate of drug-likeness (QED) is 0.618. The van der Waals surface area contributed by atoms with Gasteiger partial charge in [-0.1, -0.05) is 24.3 Å². The predicted octanol–water partition coefficient (Wildman–Crippen LogP) is 2.44. The summed E-state index contributed by atoms with van der Waals surface area (Å²) in [6, 6.07) is 12.4. The second-order valence-corrected chi connectivity index (χ2v) is 9.59. The van der Waals surface area contributed by atoms with Crippen molar-refractivity contribution in [3.8, 4) is 5.69 Å². The predicted molar refractivity (Wildman–Crippen MR) is 120 cm³/mol. The Hall–Kier alpha value is -3.01. The number of para-hydroxylation sites is 1. The molecule has 1 saturated heterocycles. The van der Waals surface area contributed by atoms with Crippen LogP contribution in [0.5, 0.6) is 0 Å². The summed E-state index contributed by atoms with van der Waals surface area (Å²) in [6.45, 7) is 5.36. The molecule has 0 atom stereocenters. The molecule has 0 aliphatic carbocycles. The second kappa shape index (κ2) is 9.23. The number of morpholine rings is 1. The lowest BCUT2D eigenvalue weighted by atomic mass is 10.1. The minimum atomic E-state index is -3.68. The van der Waals surface area contributed by atoms with Crippen LogP contribution in [0.25, 0.3) is 5.69 Å². The number of nitrogens with zero attached hydrogens (tertiary/aromatic N) is 3. The third-order valence-electron chi connectivity index (χ3n) is 5.58. The van der Waals surface area contributed by atoms with Gasteiger partial charge in [0, 0.05) is 37.6 Å². The highest BCUT2D eigenvalue weighted by Crippen LogP contribution is 2.21. The van der Waals surface area contributed by atoms with Crippen molar-refractivity contribution >= 4 is 15.9 Å². The summed E-state index contributed by atoms with van der Waals surface area (Å²) >= 11 is 0. The van der Waals surface area contributed by atoms with Gasteiger partial charge < -0.3 is 14.6 Å². The molecule has 32 heavy (non-hydrogen) atoms. The van der Waals surface area contributed by atoms with Crippen molar-refractivity contribution in [1.82, 2.24) is 19.2 Å².